The zero-order valence-corrected chi connectivity index (χ0v) is 55.5. The minimum absolute atomic E-state index is 0.0882. The van der Waals surface area contributed by atoms with Crippen LogP contribution in [0.2, 0.25) is 0 Å². The maximum absolute atomic E-state index is 13.0. The van der Waals surface area contributed by atoms with E-state index in [1.165, 1.54) is 244 Å². The zero-order chi connectivity index (χ0) is 59.9. The van der Waals surface area contributed by atoms with Crippen LogP contribution in [0.3, 0.4) is 0 Å². The highest BCUT2D eigenvalue weighted by Gasteiger charge is 2.19. The summed E-state index contributed by atoms with van der Waals surface area (Å²) in [7, 11) is 0. The third-order valence-corrected chi connectivity index (χ3v) is 16.2. The van der Waals surface area contributed by atoms with Crippen molar-refractivity contribution < 1.29 is 28.6 Å². The summed E-state index contributed by atoms with van der Waals surface area (Å²) in [6.45, 7) is 6.57. The minimum Gasteiger partial charge on any atom is -0.462 e. The predicted octanol–water partition coefficient (Wildman–Crippen LogP) is 25.2. The molecule has 0 bridgehead atoms. The van der Waals surface area contributed by atoms with Crippen molar-refractivity contribution in [2.75, 3.05) is 13.2 Å². The van der Waals surface area contributed by atoms with Gasteiger partial charge in [0.25, 0.3) is 0 Å². The molecule has 0 aromatic carbocycles. The number of unbranched alkanes of at least 4 members (excludes halogenated alkanes) is 44. The van der Waals surface area contributed by atoms with Crippen molar-refractivity contribution in [3.05, 3.63) is 72.9 Å². The molecule has 0 saturated carbocycles. The average Bonchev–Trinajstić information content (AvgIpc) is 3.49. The first-order valence-electron chi connectivity index (χ1n) is 36.4. The number of hydrogen-bond acceptors (Lipinski definition) is 6. The van der Waals surface area contributed by atoms with Crippen LogP contribution in [0, 0.1) is 0 Å². The summed E-state index contributed by atoms with van der Waals surface area (Å²) in [5, 5.41) is 0. The van der Waals surface area contributed by atoms with Crippen LogP contribution < -0.4 is 0 Å². The highest BCUT2D eigenvalue weighted by molar-refractivity contribution is 5.71. The Kier molecular flexibility index (Phi) is 68.6. The molecular formula is C77H138O6. The molecule has 6 nitrogen and oxygen atoms in total. The van der Waals surface area contributed by atoms with Gasteiger partial charge >= 0.3 is 17.9 Å². The van der Waals surface area contributed by atoms with E-state index in [1.807, 2.05) is 0 Å². The van der Waals surface area contributed by atoms with E-state index in [-0.39, 0.29) is 37.5 Å². The van der Waals surface area contributed by atoms with E-state index in [2.05, 4.69) is 93.7 Å². The minimum atomic E-state index is -0.798. The molecule has 0 heterocycles. The highest BCUT2D eigenvalue weighted by Crippen LogP contribution is 2.19. The van der Waals surface area contributed by atoms with E-state index in [4.69, 9.17) is 14.2 Å². The second kappa shape index (κ2) is 71.3. The molecule has 0 aliphatic carbocycles. The van der Waals surface area contributed by atoms with Gasteiger partial charge in [0.2, 0.25) is 0 Å². The first kappa shape index (κ1) is 79.8. The number of carbonyl (C=O) groups excluding carboxylic acids is 3. The van der Waals surface area contributed by atoms with Crippen LogP contribution >= 0.6 is 0 Å². The first-order valence-corrected chi connectivity index (χ1v) is 36.4. The number of hydrogen-bond donors (Lipinski definition) is 0. The lowest BCUT2D eigenvalue weighted by atomic mass is 10.0. The lowest BCUT2D eigenvalue weighted by Gasteiger charge is -2.18. The van der Waals surface area contributed by atoms with Crippen LogP contribution in [0.15, 0.2) is 72.9 Å². The summed E-state index contributed by atoms with van der Waals surface area (Å²) in [6.07, 6.45) is 93.7. The SMILES string of the molecule is CC/C=C\C/C=C\C/C=C\C/C=C\C/C=C\C/C=C\CCCCC(=O)OC(COC(=O)CCCCCCCCCCCCCCCCCCCCCCC)COC(=O)CCCCCCCCCCCCCCCCCCCCCCCCC. The van der Waals surface area contributed by atoms with Crippen molar-refractivity contribution in [3.63, 3.8) is 0 Å². The fourth-order valence-corrected chi connectivity index (χ4v) is 10.8. The van der Waals surface area contributed by atoms with Crippen molar-refractivity contribution in [2.24, 2.45) is 0 Å². The molecule has 1 atom stereocenters. The number of esters is 3. The Bertz CT molecular complexity index is 1520. The molecule has 83 heavy (non-hydrogen) atoms. The van der Waals surface area contributed by atoms with Gasteiger partial charge in [-0.2, -0.15) is 0 Å². The standard InChI is InChI=1S/C77H138O6/c1-4-7-10-13-16-19-22-25-28-31-34-37-38-41-43-46-49-52-55-58-61-64-67-70-76(79)82-73-74(83-77(80)71-68-65-62-59-56-53-50-47-44-40-36-33-30-27-24-21-18-15-12-9-6-3)72-81-75(78)69-66-63-60-57-54-51-48-45-42-39-35-32-29-26-23-20-17-14-11-8-5-2/h9,12,18,21,27,30,36,40,47,50,56,59,74H,4-8,10-11,13-17,19-20,22-26,28-29,31-35,37-39,41-46,48-49,51-55,57-58,60-73H2,1-3H3/b12-9-,21-18-,30-27-,40-36-,50-47-,59-56-. The smallest absolute Gasteiger partial charge is 0.306 e. The molecule has 0 rings (SSSR count). The Morgan fingerprint density at radius 2 is 0.470 bits per heavy atom. The van der Waals surface area contributed by atoms with Crippen LogP contribution in [0.1, 0.15) is 380 Å². The molecule has 6 heteroatoms. The molecule has 0 radical (unpaired) electrons. The van der Waals surface area contributed by atoms with E-state index < -0.39 is 6.10 Å². The molecular weight excluding hydrogens is 1020 g/mol. The molecule has 0 aliphatic heterocycles. The monoisotopic (exact) mass is 1160 g/mol. The van der Waals surface area contributed by atoms with Crippen LogP contribution in [0.25, 0.3) is 0 Å². The van der Waals surface area contributed by atoms with Gasteiger partial charge in [-0.3, -0.25) is 14.4 Å². The molecule has 1 unspecified atom stereocenters. The van der Waals surface area contributed by atoms with Crippen LogP contribution in [0.4, 0.5) is 0 Å². The van der Waals surface area contributed by atoms with Crippen molar-refractivity contribution in [3.8, 4) is 0 Å². The van der Waals surface area contributed by atoms with Gasteiger partial charge in [0.1, 0.15) is 13.2 Å². The van der Waals surface area contributed by atoms with Crippen LogP contribution in [0.5, 0.6) is 0 Å². The maximum Gasteiger partial charge on any atom is 0.306 e. The Morgan fingerprint density at radius 3 is 0.735 bits per heavy atom. The molecule has 0 aromatic rings. The molecule has 0 aromatic heterocycles. The normalized spacial score (nSPS) is 12.5. The molecule has 0 amide bonds. The van der Waals surface area contributed by atoms with Crippen molar-refractivity contribution in [1.82, 2.24) is 0 Å². The second-order valence-corrected chi connectivity index (χ2v) is 24.5. The number of rotatable bonds is 67. The van der Waals surface area contributed by atoms with Crippen molar-refractivity contribution in [2.45, 2.75) is 386 Å². The van der Waals surface area contributed by atoms with Gasteiger partial charge in [-0.05, 0) is 70.6 Å². The fraction of sp³-hybridized carbons (Fsp3) is 0.805. The molecule has 0 N–H and O–H groups in total. The first-order chi connectivity index (χ1) is 41.0. The highest BCUT2D eigenvalue weighted by atomic mass is 16.6. The Balaban J connectivity index is 4.39. The van der Waals surface area contributed by atoms with Crippen LogP contribution in [-0.2, 0) is 28.6 Å². The summed E-state index contributed by atoms with van der Waals surface area (Å²) in [4.78, 5) is 38.5. The topological polar surface area (TPSA) is 78.9 Å². The summed E-state index contributed by atoms with van der Waals surface area (Å²) in [5.74, 6) is -0.905. The van der Waals surface area contributed by atoms with Gasteiger partial charge in [-0.1, -0.05) is 363 Å². The predicted molar refractivity (Wildman–Crippen MR) is 362 cm³/mol. The van der Waals surface area contributed by atoms with Gasteiger partial charge in [0.15, 0.2) is 6.10 Å². The largest absolute Gasteiger partial charge is 0.462 e. The average molecular weight is 1160 g/mol. The summed E-state index contributed by atoms with van der Waals surface area (Å²) >= 11 is 0. The van der Waals surface area contributed by atoms with Gasteiger partial charge in [0, 0.05) is 19.3 Å². The van der Waals surface area contributed by atoms with E-state index in [0.29, 0.717) is 19.3 Å². The van der Waals surface area contributed by atoms with Crippen LogP contribution in [-0.4, -0.2) is 37.2 Å². The van der Waals surface area contributed by atoms with E-state index >= 15 is 0 Å². The van der Waals surface area contributed by atoms with E-state index in [0.717, 1.165) is 89.9 Å². The molecule has 482 valence electrons. The molecule has 0 spiro atoms. The second-order valence-electron chi connectivity index (χ2n) is 24.5. The number of allylic oxidation sites excluding steroid dienone is 12. The van der Waals surface area contributed by atoms with Gasteiger partial charge in [-0.15, -0.1) is 0 Å². The third-order valence-electron chi connectivity index (χ3n) is 16.2. The zero-order valence-electron chi connectivity index (χ0n) is 55.5. The summed E-state index contributed by atoms with van der Waals surface area (Å²) in [6, 6.07) is 0. The quantitative estimate of drug-likeness (QED) is 0.0261. The summed E-state index contributed by atoms with van der Waals surface area (Å²) in [5.41, 5.74) is 0. The van der Waals surface area contributed by atoms with E-state index in [1.54, 1.807) is 0 Å². The maximum atomic E-state index is 13.0. The Morgan fingerprint density at radius 1 is 0.253 bits per heavy atom. The Labute approximate surface area is 516 Å². The summed E-state index contributed by atoms with van der Waals surface area (Å²) < 4.78 is 17.0. The van der Waals surface area contributed by atoms with Crippen molar-refractivity contribution >= 4 is 17.9 Å². The van der Waals surface area contributed by atoms with Gasteiger partial charge < -0.3 is 14.2 Å². The molecule has 0 aliphatic rings. The number of ether oxygens (including phenoxy) is 3. The third kappa shape index (κ3) is 69.5. The molecule has 0 saturated heterocycles. The van der Waals surface area contributed by atoms with Crippen molar-refractivity contribution in [1.29, 1.82) is 0 Å². The van der Waals surface area contributed by atoms with Gasteiger partial charge in [-0.25, -0.2) is 0 Å². The number of carbonyl (C=O) groups is 3. The van der Waals surface area contributed by atoms with Gasteiger partial charge in [0.05, 0.1) is 0 Å². The van der Waals surface area contributed by atoms with E-state index in [9.17, 15) is 14.4 Å². The lowest BCUT2D eigenvalue weighted by molar-refractivity contribution is -0.167. The Hall–Kier alpha value is -3.15. The fourth-order valence-electron chi connectivity index (χ4n) is 10.8. The lowest BCUT2D eigenvalue weighted by Crippen LogP contribution is -2.30. The molecule has 0 fully saturated rings.